The van der Waals surface area contributed by atoms with Gasteiger partial charge >= 0.3 is 0 Å². The third kappa shape index (κ3) is 13.5. The minimum absolute atomic E-state index is 0.475. The maximum absolute atomic E-state index is 6.68. The zero-order chi connectivity index (χ0) is 83.4. The second-order valence-electron chi connectivity index (χ2n) is 30.9. The van der Waals surface area contributed by atoms with Gasteiger partial charge in [-0.2, -0.15) is 19.9 Å². The van der Waals surface area contributed by atoms with E-state index in [2.05, 4.69) is 241 Å². The zero-order valence-corrected chi connectivity index (χ0v) is 67.6. The molecule has 0 radical (unpaired) electrons. The number of para-hydroxylation sites is 6. The lowest BCUT2D eigenvalue weighted by molar-refractivity contribution is 0.640. The fourth-order valence-electron chi connectivity index (χ4n) is 17.3. The molecule has 126 heavy (non-hydrogen) atoms. The van der Waals surface area contributed by atoms with Crippen molar-refractivity contribution in [3.8, 4) is 130 Å². The minimum atomic E-state index is 0.475. The fourth-order valence-corrected chi connectivity index (χ4v) is 17.3. The summed E-state index contributed by atoms with van der Waals surface area (Å²) in [7, 11) is 0. The maximum atomic E-state index is 6.68. The second-order valence-corrected chi connectivity index (χ2v) is 30.9. The molecular formula is C112H71N11O3. The van der Waals surface area contributed by atoms with Crippen molar-refractivity contribution in [3.05, 3.63) is 431 Å². The second kappa shape index (κ2) is 31.7. The lowest BCUT2D eigenvalue weighted by Gasteiger charge is -2.14. The average molecular weight is 1620 g/mol. The molecule has 0 N–H and O–H groups in total. The first kappa shape index (κ1) is 73.8. The number of benzene rings is 16. The molecule has 9 aromatic heterocycles. The standard InChI is InChI=1S/C53H34N4O.C30H19N3O.C29H18N4O/c1-5-17-35(18-6-1)39-29-40(36-19-7-2-8-20-36)32-43(31-39)50-54-51(44-33-41(37-21-9-3-10-22-37)30-42(34-44)38-23-11-4-12-24-38)56-53(55-50)57-47-27-15-13-25-45(47)49-46-26-14-16-28-48(46)58-52(49)57;1-3-11-20(12-4-1)24-19-25(21-13-5-2-6-14-21)32-30(31-24)33-26-17-9-7-15-22(26)28-23-16-8-10-18-27(23)34-29(28)33;1-3-11-19(12-4-1)26-30-27(20-13-5-2-6-14-20)32-29(31-26)33-23-17-9-7-15-21(23)25-22-16-8-10-18-24(22)34-28(25)33/h1-34H;1-19H;1-18H. The first-order valence-corrected chi connectivity index (χ1v) is 41.9. The molecule has 0 aliphatic rings. The Morgan fingerprint density at radius 2 is 0.373 bits per heavy atom. The summed E-state index contributed by atoms with van der Waals surface area (Å²) in [5.41, 5.74) is 23.8. The molecule has 0 spiro atoms. The van der Waals surface area contributed by atoms with Crippen molar-refractivity contribution in [2.75, 3.05) is 0 Å². The van der Waals surface area contributed by atoms with Crippen molar-refractivity contribution in [3.63, 3.8) is 0 Å². The smallest absolute Gasteiger partial charge is 0.241 e. The van der Waals surface area contributed by atoms with Gasteiger partial charge in [-0.3, -0.25) is 0 Å². The predicted molar refractivity (Wildman–Crippen MR) is 508 cm³/mol. The highest BCUT2D eigenvalue weighted by Crippen LogP contribution is 2.45. The molecule has 0 bridgehead atoms. The van der Waals surface area contributed by atoms with Gasteiger partial charge in [0.25, 0.3) is 0 Å². The van der Waals surface area contributed by atoms with Gasteiger partial charge in [0.05, 0.1) is 44.1 Å². The van der Waals surface area contributed by atoms with Crippen molar-refractivity contribution in [2.45, 2.75) is 0 Å². The lowest BCUT2D eigenvalue weighted by Crippen LogP contribution is -2.06. The molecule has 16 aromatic carbocycles. The number of nitrogens with zero attached hydrogens (tertiary/aromatic N) is 11. The van der Waals surface area contributed by atoms with Crippen LogP contribution in [0.4, 0.5) is 0 Å². The summed E-state index contributed by atoms with van der Waals surface area (Å²) in [6.45, 7) is 0. The van der Waals surface area contributed by atoms with Crippen LogP contribution in [0.5, 0.6) is 0 Å². The van der Waals surface area contributed by atoms with Crippen LogP contribution < -0.4 is 0 Å². The molecule has 14 heteroatoms. The molecule has 0 aliphatic heterocycles. The minimum Gasteiger partial charge on any atom is -0.439 e. The van der Waals surface area contributed by atoms with E-state index in [1.54, 1.807) is 0 Å². The van der Waals surface area contributed by atoms with E-state index < -0.39 is 0 Å². The van der Waals surface area contributed by atoms with Crippen molar-refractivity contribution in [2.24, 2.45) is 0 Å². The number of fused-ring (bicyclic) bond motifs is 15. The van der Waals surface area contributed by atoms with Crippen LogP contribution in [0.1, 0.15) is 0 Å². The van der Waals surface area contributed by atoms with Crippen LogP contribution in [0.25, 0.3) is 229 Å². The Balaban J connectivity index is 0.000000115. The van der Waals surface area contributed by atoms with Gasteiger partial charge < -0.3 is 13.3 Å². The van der Waals surface area contributed by atoms with E-state index in [4.69, 9.17) is 53.1 Å². The van der Waals surface area contributed by atoms with Crippen LogP contribution in [-0.2, 0) is 0 Å². The van der Waals surface area contributed by atoms with Gasteiger partial charge in [0.15, 0.2) is 23.3 Å². The van der Waals surface area contributed by atoms with Gasteiger partial charge in [-0.25, -0.2) is 33.6 Å². The van der Waals surface area contributed by atoms with Gasteiger partial charge in [0.2, 0.25) is 35.0 Å². The Hall–Kier alpha value is -17.4. The Kier molecular flexibility index (Phi) is 18.5. The van der Waals surface area contributed by atoms with E-state index in [1.807, 2.05) is 203 Å². The van der Waals surface area contributed by atoms with Gasteiger partial charge in [-0.05, 0) is 123 Å². The molecule has 592 valence electrons. The molecule has 0 atom stereocenters. The first-order chi connectivity index (χ1) is 62.5. The monoisotopic (exact) mass is 1620 g/mol. The summed E-state index contributed by atoms with van der Waals surface area (Å²) >= 11 is 0. The molecule has 0 saturated heterocycles. The topological polar surface area (TPSA) is 157 Å². The van der Waals surface area contributed by atoms with Crippen LogP contribution in [0.2, 0.25) is 0 Å². The molecule has 25 aromatic rings. The number of furan rings is 3. The largest absolute Gasteiger partial charge is 0.439 e. The Morgan fingerprint density at radius 1 is 0.159 bits per heavy atom. The third-order valence-corrected chi connectivity index (χ3v) is 23.2. The van der Waals surface area contributed by atoms with Gasteiger partial charge in [0, 0.05) is 65.7 Å². The van der Waals surface area contributed by atoms with E-state index in [9.17, 15) is 0 Å². The fraction of sp³-hybridized carbons (Fsp3) is 0. The normalized spacial score (nSPS) is 11.5. The van der Waals surface area contributed by atoms with E-state index >= 15 is 0 Å². The molecule has 0 fully saturated rings. The highest BCUT2D eigenvalue weighted by Gasteiger charge is 2.28. The molecule has 0 amide bonds. The van der Waals surface area contributed by atoms with Gasteiger partial charge in [0.1, 0.15) is 16.7 Å². The molecule has 25 rings (SSSR count). The van der Waals surface area contributed by atoms with Crippen LogP contribution in [0.15, 0.2) is 444 Å². The molecule has 0 aliphatic carbocycles. The van der Waals surface area contributed by atoms with E-state index in [-0.39, 0.29) is 0 Å². The van der Waals surface area contributed by atoms with Crippen LogP contribution in [-0.4, -0.2) is 53.6 Å². The third-order valence-electron chi connectivity index (χ3n) is 23.2. The van der Waals surface area contributed by atoms with Crippen molar-refractivity contribution in [1.82, 2.24) is 53.6 Å². The molecule has 0 unspecified atom stereocenters. The van der Waals surface area contributed by atoms with Crippen molar-refractivity contribution in [1.29, 1.82) is 0 Å². The summed E-state index contributed by atoms with van der Waals surface area (Å²) in [5.74, 6) is 3.94. The van der Waals surface area contributed by atoms with Crippen LogP contribution >= 0.6 is 0 Å². The Morgan fingerprint density at radius 3 is 0.659 bits per heavy atom. The van der Waals surface area contributed by atoms with Crippen LogP contribution in [0, 0.1) is 0 Å². The highest BCUT2D eigenvalue weighted by atomic mass is 16.4. The molecule has 0 saturated carbocycles. The van der Waals surface area contributed by atoms with E-state index in [0.29, 0.717) is 46.9 Å². The molecular weight excluding hydrogens is 1550 g/mol. The summed E-state index contributed by atoms with van der Waals surface area (Å²) in [6.07, 6.45) is 0. The first-order valence-electron chi connectivity index (χ1n) is 41.9. The average Bonchev–Trinajstić information content (AvgIpc) is 1.57. The number of aromatic nitrogens is 11. The summed E-state index contributed by atoms with van der Waals surface area (Å²) in [5, 5.41) is 9.69. The SMILES string of the molecule is c1ccc(-c2cc(-c3ccccc3)cc(-c3nc(-c4cc(-c5ccccc5)cc(-c5ccccc5)c4)nc(-n4c5ccccc5c5c6ccccc6oc54)n3)c2)cc1.c1ccc(-c2cc(-c3ccccc3)nc(-n3c4ccccc4c4c5ccccc5oc43)n2)cc1.c1ccc(-c2nc(-c3ccccc3)nc(-n3c4ccccc4c4c5ccccc5oc43)n2)cc1. The van der Waals surface area contributed by atoms with E-state index in [0.717, 1.165) is 182 Å². The number of rotatable bonds is 13. The highest BCUT2D eigenvalue weighted by molar-refractivity contribution is 6.22. The molecule has 14 nitrogen and oxygen atoms in total. The quantitative estimate of drug-likeness (QED) is 0.108. The maximum Gasteiger partial charge on any atom is 0.241 e. The Bertz CT molecular complexity index is 7740. The number of hydrogen-bond acceptors (Lipinski definition) is 11. The molecule has 9 heterocycles. The lowest BCUT2D eigenvalue weighted by atomic mass is 9.95. The summed E-state index contributed by atoms with van der Waals surface area (Å²) in [4.78, 5) is 40.8. The van der Waals surface area contributed by atoms with Crippen LogP contribution in [0.3, 0.4) is 0 Å². The van der Waals surface area contributed by atoms with Gasteiger partial charge in [-0.1, -0.05) is 352 Å². The summed E-state index contributed by atoms with van der Waals surface area (Å²) < 4.78 is 25.6. The van der Waals surface area contributed by atoms with Crippen molar-refractivity contribution < 1.29 is 13.3 Å². The predicted octanol–water partition coefficient (Wildman–Crippen LogP) is 28.4. The van der Waals surface area contributed by atoms with E-state index in [1.165, 1.54) is 0 Å². The Labute approximate surface area is 722 Å². The number of hydrogen-bond donors (Lipinski definition) is 0. The summed E-state index contributed by atoms with van der Waals surface area (Å²) in [6, 6.07) is 147. The van der Waals surface area contributed by atoms with Gasteiger partial charge in [-0.15, -0.1) is 0 Å². The zero-order valence-electron chi connectivity index (χ0n) is 67.6. The van der Waals surface area contributed by atoms with Crippen molar-refractivity contribution >= 4 is 98.9 Å².